The lowest BCUT2D eigenvalue weighted by Crippen LogP contribution is -2.34. The minimum atomic E-state index is -0.716. The molecule has 0 spiro atoms. The maximum atomic E-state index is 11.4. The molecule has 0 bridgehead atoms. The first-order valence-electron chi connectivity index (χ1n) is 6.48. The predicted molar refractivity (Wildman–Crippen MR) is 69.9 cm³/mol. The number of benzene rings is 1. The number of aliphatic carboxylic acids is 1. The monoisotopic (exact) mass is 248 g/mol. The Kier molecular flexibility index (Phi) is 3.60. The van der Waals surface area contributed by atoms with E-state index in [1.807, 2.05) is 32.0 Å². The van der Waals surface area contributed by atoms with E-state index in [9.17, 15) is 9.90 Å². The second-order valence-electron chi connectivity index (χ2n) is 5.30. The molecule has 3 heteroatoms. The molecule has 0 aliphatic heterocycles. The predicted octanol–water partition coefficient (Wildman–Crippen LogP) is 3.33. The zero-order valence-corrected chi connectivity index (χ0v) is 11.0. The van der Waals surface area contributed by atoms with Gasteiger partial charge in [-0.25, -0.2) is 0 Å². The van der Waals surface area contributed by atoms with Crippen LogP contribution in [-0.4, -0.2) is 17.7 Å². The summed E-state index contributed by atoms with van der Waals surface area (Å²) in [5.74, 6) is 0.122. The van der Waals surface area contributed by atoms with E-state index >= 15 is 0 Å². The lowest BCUT2D eigenvalue weighted by molar-refractivity contribution is -0.150. The molecule has 18 heavy (non-hydrogen) atoms. The molecule has 1 aromatic rings. The summed E-state index contributed by atoms with van der Waals surface area (Å²) >= 11 is 0. The Morgan fingerprint density at radius 1 is 1.28 bits per heavy atom. The highest BCUT2D eigenvalue weighted by Gasteiger charge is 2.42. The van der Waals surface area contributed by atoms with Crippen LogP contribution in [0, 0.1) is 19.3 Å². The zero-order valence-electron chi connectivity index (χ0n) is 11.0. The minimum absolute atomic E-state index is 0.286. The fourth-order valence-corrected chi connectivity index (χ4v) is 2.71. The standard InChI is InChI=1S/C15H20O3/c1-11-6-5-7-12(2)13(11)18-10-15(14(16)17)8-3-4-9-15/h5-7H,3-4,8-10H2,1-2H3,(H,16,17). The highest BCUT2D eigenvalue weighted by molar-refractivity contribution is 5.75. The van der Waals surface area contributed by atoms with E-state index in [0.717, 1.165) is 42.6 Å². The molecule has 1 fully saturated rings. The van der Waals surface area contributed by atoms with Gasteiger partial charge in [0, 0.05) is 0 Å². The van der Waals surface area contributed by atoms with Crippen molar-refractivity contribution in [1.29, 1.82) is 0 Å². The van der Waals surface area contributed by atoms with E-state index in [1.54, 1.807) is 0 Å². The maximum Gasteiger partial charge on any atom is 0.313 e. The van der Waals surface area contributed by atoms with Gasteiger partial charge in [0.15, 0.2) is 0 Å². The summed E-state index contributed by atoms with van der Waals surface area (Å²) in [4.78, 5) is 11.4. The first kappa shape index (κ1) is 12.9. The van der Waals surface area contributed by atoms with Crippen molar-refractivity contribution < 1.29 is 14.6 Å². The summed E-state index contributed by atoms with van der Waals surface area (Å²) in [6.45, 7) is 4.27. The van der Waals surface area contributed by atoms with Crippen molar-refractivity contribution in [3.05, 3.63) is 29.3 Å². The normalized spacial score (nSPS) is 17.7. The summed E-state index contributed by atoms with van der Waals surface area (Å²) in [5.41, 5.74) is 1.46. The van der Waals surface area contributed by atoms with Crippen LogP contribution in [-0.2, 0) is 4.79 Å². The van der Waals surface area contributed by atoms with Gasteiger partial charge in [-0.3, -0.25) is 4.79 Å². The summed E-state index contributed by atoms with van der Waals surface area (Å²) in [6.07, 6.45) is 3.44. The highest BCUT2D eigenvalue weighted by Crippen LogP contribution is 2.39. The van der Waals surface area contributed by atoms with Crippen LogP contribution in [0.4, 0.5) is 0 Å². The average molecular weight is 248 g/mol. The van der Waals surface area contributed by atoms with E-state index in [2.05, 4.69) is 0 Å². The van der Waals surface area contributed by atoms with Gasteiger partial charge in [-0.2, -0.15) is 0 Å². The molecular formula is C15H20O3. The molecule has 98 valence electrons. The number of carboxylic acid groups (broad SMARTS) is 1. The van der Waals surface area contributed by atoms with Gasteiger partial charge in [0.1, 0.15) is 17.8 Å². The van der Waals surface area contributed by atoms with Gasteiger partial charge in [0.25, 0.3) is 0 Å². The first-order valence-corrected chi connectivity index (χ1v) is 6.48. The highest BCUT2D eigenvalue weighted by atomic mass is 16.5. The number of rotatable bonds is 4. The molecule has 1 aliphatic rings. The van der Waals surface area contributed by atoms with Gasteiger partial charge in [0.2, 0.25) is 0 Å². The third-order valence-electron chi connectivity index (χ3n) is 3.92. The van der Waals surface area contributed by atoms with Gasteiger partial charge in [-0.05, 0) is 37.8 Å². The third-order valence-corrected chi connectivity index (χ3v) is 3.92. The van der Waals surface area contributed by atoms with E-state index in [0.29, 0.717) is 0 Å². The van der Waals surface area contributed by atoms with Crippen molar-refractivity contribution in [3.8, 4) is 5.75 Å². The number of aryl methyl sites for hydroxylation is 2. The first-order chi connectivity index (χ1) is 8.55. The van der Waals surface area contributed by atoms with Gasteiger partial charge in [0.05, 0.1) is 0 Å². The Bertz CT molecular complexity index is 425. The Labute approximate surface area is 108 Å². The molecule has 0 unspecified atom stereocenters. The molecule has 1 N–H and O–H groups in total. The minimum Gasteiger partial charge on any atom is -0.492 e. The van der Waals surface area contributed by atoms with E-state index < -0.39 is 11.4 Å². The van der Waals surface area contributed by atoms with Crippen LogP contribution in [0.25, 0.3) is 0 Å². The van der Waals surface area contributed by atoms with Gasteiger partial charge < -0.3 is 9.84 Å². The van der Waals surface area contributed by atoms with Crippen LogP contribution >= 0.6 is 0 Å². The Balaban J connectivity index is 2.13. The lowest BCUT2D eigenvalue weighted by Gasteiger charge is -2.25. The molecule has 1 aromatic carbocycles. The van der Waals surface area contributed by atoms with E-state index in [-0.39, 0.29) is 6.61 Å². The van der Waals surface area contributed by atoms with Crippen LogP contribution in [0.15, 0.2) is 18.2 Å². The lowest BCUT2D eigenvalue weighted by atomic mass is 9.87. The van der Waals surface area contributed by atoms with Crippen molar-refractivity contribution in [2.75, 3.05) is 6.61 Å². The summed E-state index contributed by atoms with van der Waals surface area (Å²) in [5, 5.41) is 9.40. The molecule has 0 atom stereocenters. The van der Waals surface area contributed by atoms with Gasteiger partial charge >= 0.3 is 5.97 Å². The van der Waals surface area contributed by atoms with Crippen LogP contribution < -0.4 is 4.74 Å². The van der Waals surface area contributed by atoms with Crippen molar-refractivity contribution >= 4 is 5.97 Å². The second-order valence-corrected chi connectivity index (χ2v) is 5.30. The summed E-state index contributed by atoms with van der Waals surface area (Å²) < 4.78 is 5.84. The van der Waals surface area contributed by atoms with Crippen molar-refractivity contribution in [3.63, 3.8) is 0 Å². The smallest absolute Gasteiger partial charge is 0.313 e. The van der Waals surface area contributed by atoms with Crippen LogP contribution in [0.1, 0.15) is 36.8 Å². The van der Waals surface area contributed by atoms with Gasteiger partial charge in [-0.1, -0.05) is 31.0 Å². The number of hydrogen-bond acceptors (Lipinski definition) is 2. The summed E-state index contributed by atoms with van der Waals surface area (Å²) in [7, 11) is 0. The molecule has 0 amide bonds. The molecular weight excluding hydrogens is 228 g/mol. The molecule has 2 rings (SSSR count). The van der Waals surface area contributed by atoms with Crippen molar-refractivity contribution in [1.82, 2.24) is 0 Å². The molecule has 0 aromatic heterocycles. The Morgan fingerprint density at radius 2 is 1.83 bits per heavy atom. The molecule has 0 heterocycles. The second kappa shape index (κ2) is 5.01. The average Bonchev–Trinajstić information content (AvgIpc) is 2.78. The molecule has 1 aliphatic carbocycles. The van der Waals surface area contributed by atoms with Crippen LogP contribution in [0.5, 0.6) is 5.75 Å². The molecule has 3 nitrogen and oxygen atoms in total. The number of ether oxygens (including phenoxy) is 1. The topological polar surface area (TPSA) is 46.5 Å². The van der Waals surface area contributed by atoms with Gasteiger partial charge in [-0.15, -0.1) is 0 Å². The van der Waals surface area contributed by atoms with E-state index in [4.69, 9.17) is 4.74 Å². The fourth-order valence-electron chi connectivity index (χ4n) is 2.71. The number of carbonyl (C=O) groups is 1. The Hall–Kier alpha value is -1.51. The third kappa shape index (κ3) is 2.35. The SMILES string of the molecule is Cc1cccc(C)c1OCC1(C(=O)O)CCCC1. The largest absolute Gasteiger partial charge is 0.492 e. The number of hydrogen-bond donors (Lipinski definition) is 1. The maximum absolute atomic E-state index is 11.4. The molecule has 0 saturated heterocycles. The zero-order chi connectivity index (χ0) is 13.2. The quantitative estimate of drug-likeness (QED) is 0.889. The van der Waals surface area contributed by atoms with Crippen LogP contribution in [0.3, 0.4) is 0 Å². The van der Waals surface area contributed by atoms with Crippen molar-refractivity contribution in [2.45, 2.75) is 39.5 Å². The summed E-state index contributed by atoms with van der Waals surface area (Å²) in [6, 6.07) is 5.97. The van der Waals surface area contributed by atoms with Crippen LogP contribution in [0.2, 0.25) is 0 Å². The Morgan fingerprint density at radius 3 is 2.33 bits per heavy atom. The molecule has 1 saturated carbocycles. The molecule has 0 radical (unpaired) electrons. The fraction of sp³-hybridized carbons (Fsp3) is 0.533. The number of carboxylic acids is 1. The van der Waals surface area contributed by atoms with Crippen molar-refractivity contribution in [2.24, 2.45) is 5.41 Å². The van der Waals surface area contributed by atoms with E-state index in [1.165, 1.54) is 0 Å². The number of para-hydroxylation sites is 1.